The lowest BCUT2D eigenvalue weighted by atomic mass is 10.2. The van der Waals surface area contributed by atoms with Crippen molar-refractivity contribution in [2.24, 2.45) is 0 Å². The van der Waals surface area contributed by atoms with Gasteiger partial charge in [0.2, 0.25) is 0 Å². The molecule has 0 spiro atoms. The largest absolute Gasteiger partial charge is 0.312 e. The average molecular weight is 313 g/mol. The van der Waals surface area contributed by atoms with Gasteiger partial charge in [-0.2, -0.15) is 0 Å². The number of halogens is 2. The van der Waals surface area contributed by atoms with E-state index in [-0.39, 0.29) is 5.82 Å². The number of aryl methyl sites for hydroxylation is 1. The van der Waals surface area contributed by atoms with Gasteiger partial charge in [0, 0.05) is 29.3 Å². The van der Waals surface area contributed by atoms with E-state index < -0.39 is 0 Å². The van der Waals surface area contributed by atoms with Gasteiger partial charge in [-0.1, -0.05) is 21.1 Å². The van der Waals surface area contributed by atoms with Gasteiger partial charge in [0.1, 0.15) is 5.82 Å². The third kappa shape index (κ3) is 3.89. The Labute approximate surface area is 113 Å². The van der Waals surface area contributed by atoms with Gasteiger partial charge in [0.15, 0.2) is 0 Å². The van der Waals surface area contributed by atoms with Crippen molar-refractivity contribution in [1.29, 1.82) is 0 Å². The highest BCUT2D eigenvalue weighted by Gasteiger charge is 2.02. The monoisotopic (exact) mass is 312 g/mol. The Bertz CT molecular complexity index is 487. The quantitative estimate of drug-likeness (QED) is 0.833. The van der Waals surface area contributed by atoms with Gasteiger partial charge in [-0.3, -0.25) is 4.68 Å². The van der Waals surface area contributed by atoms with Gasteiger partial charge in [0.05, 0.1) is 6.20 Å². The van der Waals surface area contributed by atoms with Crippen LogP contribution in [0.5, 0.6) is 0 Å². The fourth-order valence-corrected chi connectivity index (χ4v) is 2.03. The highest BCUT2D eigenvalue weighted by Crippen LogP contribution is 2.15. The second-order valence-electron chi connectivity index (χ2n) is 3.93. The van der Waals surface area contributed by atoms with Crippen LogP contribution in [0.2, 0.25) is 0 Å². The Morgan fingerprint density at radius 1 is 1.39 bits per heavy atom. The summed E-state index contributed by atoms with van der Waals surface area (Å²) in [6.45, 7) is 2.16. The standard InChI is InChI=1S/C12H14BrFN4/c13-11-2-3-12(14)10(8-11)9-15-4-1-6-18-7-5-16-17-18/h2-3,5,7-8,15H,1,4,6,9H2. The summed E-state index contributed by atoms with van der Waals surface area (Å²) in [4.78, 5) is 0. The molecule has 1 heterocycles. The van der Waals surface area contributed by atoms with Crippen LogP contribution in [0, 0.1) is 5.82 Å². The minimum absolute atomic E-state index is 0.179. The molecule has 1 aromatic carbocycles. The lowest BCUT2D eigenvalue weighted by Crippen LogP contribution is -2.17. The van der Waals surface area contributed by atoms with Crippen LogP contribution in [-0.2, 0) is 13.1 Å². The van der Waals surface area contributed by atoms with Crippen molar-refractivity contribution < 1.29 is 4.39 Å². The maximum absolute atomic E-state index is 13.4. The molecule has 0 saturated heterocycles. The summed E-state index contributed by atoms with van der Waals surface area (Å²) in [7, 11) is 0. The lowest BCUT2D eigenvalue weighted by Gasteiger charge is -2.06. The van der Waals surface area contributed by atoms with Crippen molar-refractivity contribution in [3.8, 4) is 0 Å². The van der Waals surface area contributed by atoms with Gasteiger partial charge in [-0.05, 0) is 31.2 Å². The van der Waals surface area contributed by atoms with E-state index in [2.05, 4.69) is 31.6 Å². The molecular weight excluding hydrogens is 299 g/mol. The Morgan fingerprint density at radius 3 is 3.06 bits per heavy atom. The Morgan fingerprint density at radius 2 is 2.28 bits per heavy atom. The molecule has 0 aliphatic carbocycles. The normalized spacial score (nSPS) is 10.8. The molecule has 18 heavy (non-hydrogen) atoms. The molecule has 4 nitrogen and oxygen atoms in total. The van der Waals surface area contributed by atoms with E-state index in [0.717, 1.165) is 24.0 Å². The smallest absolute Gasteiger partial charge is 0.127 e. The third-order valence-corrected chi connectivity index (χ3v) is 3.03. The summed E-state index contributed by atoms with van der Waals surface area (Å²) in [5.74, 6) is -0.179. The summed E-state index contributed by atoms with van der Waals surface area (Å²) in [6.07, 6.45) is 4.41. The van der Waals surface area contributed by atoms with Crippen molar-refractivity contribution in [2.45, 2.75) is 19.5 Å². The zero-order chi connectivity index (χ0) is 12.8. The topological polar surface area (TPSA) is 42.7 Å². The molecule has 2 aromatic rings. The van der Waals surface area contributed by atoms with Crippen LogP contribution >= 0.6 is 15.9 Å². The number of benzene rings is 1. The van der Waals surface area contributed by atoms with E-state index >= 15 is 0 Å². The number of hydrogen-bond acceptors (Lipinski definition) is 3. The summed E-state index contributed by atoms with van der Waals surface area (Å²) in [5.41, 5.74) is 0.671. The Kier molecular flexibility index (Phi) is 4.83. The Balaban J connectivity index is 1.70. The van der Waals surface area contributed by atoms with Gasteiger partial charge in [0.25, 0.3) is 0 Å². The van der Waals surface area contributed by atoms with E-state index in [1.54, 1.807) is 23.0 Å². The first-order valence-electron chi connectivity index (χ1n) is 5.74. The highest BCUT2D eigenvalue weighted by atomic mass is 79.9. The van der Waals surface area contributed by atoms with Gasteiger partial charge < -0.3 is 5.32 Å². The van der Waals surface area contributed by atoms with Crippen molar-refractivity contribution in [3.63, 3.8) is 0 Å². The van der Waals surface area contributed by atoms with Crippen molar-refractivity contribution in [3.05, 3.63) is 46.4 Å². The van der Waals surface area contributed by atoms with E-state index in [1.807, 2.05) is 6.20 Å². The van der Waals surface area contributed by atoms with Crippen LogP contribution in [0.3, 0.4) is 0 Å². The number of rotatable bonds is 6. The predicted molar refractivity (Wildman–Crippen MR) is 70.4 cm³/mol. The molecule has 2 rings (SSSR count). The minimum Gasteiger partial charge on any atom is -0.312 e. The molecule has 1 aromatic heterocycles. The first-order chi connectivity index (χ1) is 8.75. The molecule has 0 radical (unpaired) electrons. The number of aromatic nitrogens is 3. The zero-order valence-electron chi connectivity index (χ0n) is 9.81. The van der Waals surface area contributed by atoms with E-state index in [4.69, 9.17) is 0 Å². The molecule has 96 valence electrons. The molecule has 0 aliphatic rings. The lowest BCUT2D eigenvalue weighted by molar-refractivity contribution is 0.523. The summed E-state index contributed by atoms with van der Waals surface area (Å²) < 4.78 is 16.1. The maximum atomic E-state index is 13.4. The number of hydrogen-bond donors (Lipinski definition) is 1. The molecule has 0 atom stereocenters. The molecule has 0 fully saturated rings. The van der Waals surface area contributed by atoms with Gasteiger partial charge >= 0.3 is 0 Å². The predicted octanol–water partition coefficient (Wildman–Crippen LogP) is 2.36. The second kappa shape index (κ2) is 6.61. The summed E-state index contributed by atoms with van der Waals surface area (Å²) >= 11 is 3.33. The number of nitrogens with zero attached hydrogens (tertiary/aromatic N) is 3. The first-order valence-corrected chi connectivity index (χ1v) is 6.54. The summed E-state index contributed by atoms with van der Waals surface area (Å²) in [6, 6.07) is 4.96. The fraction of sp³-hybridized carbons (Fsp3) is 0.333. The maximum Gasteiger partial charge on any atom is 0.127 e. The van der Waals surface area contributed by atoms with Gasteiger partial charge in [-0.25, -0.2) is 4.39 Å². The van der Waals surface area contributed by atoms with Crippen LogP contribution in [0.4, 0.5) is 4.39 Å². The average Bonchev–Trinajstić information content (AvgIpc) is 2.86. The minimum atomic E-state index is -0.179. The molecule has 0 bridgehead atoms. The van der Waals surface area contributed by atoms with Crippen molar-refractivity contribution in [2.75, 3.05) is 6.54 Å². The van der Waals surface area contributed by atoms with Crippen molar-refractivity contribution in [1.82, 2.24) is 20.3 Å². The summed E-state index contributed by atoms with van der Waals surface area (Å²) in [5, 5.41) is 10.8. The van der Waals surface area contributed by atoms with Crippen LogP contribution < -0.4 is 5.32 Å². The molecule has 1 N–H and O–H groups in total. The van der Waals surface area contributed by atoms with E-state index in [1.165, 1.54) is 6.07 Å². The van der Waals surface area contributed by atoms with Crippen LogP contribution in [-0.4, -0.2) is 21.5 Å². The van der Waals surface area contributed by atoms with Crippen LogP contribution in [0.1, 0.15) is 12.0 Å². The SMILES string of the molecule is Fc1ccc(Br)cc1CNCCCn1ccnn1. The van der Waals surface area contributed by atoms with Crippen LogP contribution in [0.25, 0.3) is 0 Å². The van der Waals surface area contributed by atoms with Gasteiger partial charge in [-0.15, -0.1) is 5.10 Å². The molecule has 6 heteroatoms. The third-order valence-electron chi connectivity index (χ3n) is 2.54. The molecular formula is C12H14BrFN4. The molecule has 0 aliphatic heterocycles. The Hall–Kier alpha value is -1.27. The molecule has 0 amide bonds. The van der Waals surface area contributed by atoms with E-state index in [9.17, 15) is 4.39 Å². The van der Waals surface area contributed by atoms with Crippen LogP contribution in [0.15, 0.2) is 35.1 Å². The van der Waals surface area contributed by atoms with E-state index in [0.29, 0.717) is 12.1 Å². The molecule has 0 unspecified atom stereocenters. The molecule has 0 saturated carbocycles. The highest BCUT2D eigenvalue weighted by molar-refractivity contribution is 9.10. The number of nitrogens with one attached hydrogen (secondary N) is 1. The van der Waals surface area contributed by atoms with Crippen molar-refractivity contribution >= 4 is 15.9 Å². The first kappa shape index (κ1) is 13.2. The fourth-order valence-electron chi connectivity index (χ4n) is 1.62. The second-order valence-corrected chi connectivity index (χ2v) is 4.85. The zero-order valence-corrected chi connectivity index (χ0v) is 11.4.